The summed E-state index contributed by atoms with van der Waals surface area (Å²) in [6.07, 6.45) is -4.34. The largest absolute Gasteiger partial charge is 0.427 e. The Bertz CT molecular complexity index is 307. The zero-order chi connectivity index (χ0) is 10.2. The third-order valence-electron chi connectivity index (χ3n) is 1.32. The average Bonchev–Trinajstić information content (AvgIpc) is 2.29. The van der Waals surface area contributed by atoms with Gasteiger partial charge in [0.05, 0.1) is 5.69 Å². The van der Waals surface area contributed by atoms with Gasteiger partial charge in [-0.05, 0) is 29.5 Å². The van der Waals surface area contributed by atoms with E-state index in [4.69, 9.17) is 5.73 Å². The van der Waals surface area contributed by atoms with Crippen LogP contribution in [0.4, 0.5) is 13.2 Å². The first-order chi connectivity index (χ1) is 5.82. The summed E-state index contributed by atoms with van der Waals surface area (Å²) in [7, 11) is 0. The van der Waals surface area contributed by atoms with Gasteiger partial charge in [0.2, 0.25) is 0 Å². The number of thiazole rings is 1. The van der Waals surface area contributed by atoms with Gasteiger partial charge in [-0.15, -0.1) is 11.3 Å². The maximum Gasteiger partial charge on any atom is 0.427 e. The van der Waals surface area contributed by atoms with Crippen molar-refractivity contribution in [2.24, 2.45) is 5.73 Å². The summed E-state index contributed by atoms with van der Waals surface area (Å²) in [6, 6.07) is -0.684. The third-order valence-corrected chi connectivity index (χ3v) is 3.12. The molecular formula is C6H6F3IN2S. The Hall–Kier alpha value is 0.110. The predicted octanol–water partition coefficient (Wildman–Crippen LogP) is 2.79. The van der Waals surface area contributed by atoms with Crippen molar-refractivity contribution in [3.05, 3.63) is 13.6 Å². The smallest absolute Gasteiger partial charge is 0.323 e. The van der Waals surface area contributed by atoms with E-state index in [0.717, 1.165) is 0 Å². The van der Waals surface area contributed by atoms with Gasteiger partial charge in [-0.1, -0.05) is 0 Å². The minimum absolute atomic E-state index is 0.0677. The van der Waals surface area contributed by atoms with Gasteiger partial charge in [0.25, 0.3) is 0 Å². The highest BCUT2D eigenvalue weighted by molar-refractivity contribution is 14.1. The van der Waals surface area contributed by atoms with Gasteiger partial charge in [0, 0.05) is 6.04 Å². The van der Waals surface area contributed by atoms with Crippen molar-refractivity contribution in [1.29, 1.82) is 0 Å². The highest BCUT2D eigenvalue weighted by Crippen LogP contribution is 2.38. The molecule has 2 nitrogen and oxygen atoms in total. The molecule has 0 aliphatic carbocycles. The fourth-order valence-corrected chi connectivity index (χ4v) is 2.50. The lowest BCUT2D eigenvalue weighted by Gasteiger charge is -2.07. The Labute approximate surface area is 90.5 Å². The molecule has 1 aromatic rings. The van der Waals surface area contributed by atoms with E-state index in [1.807, 2.05) is 0 Å². The Morgan fingerprint density at radius 2 is 2.08 bits per heavy atom. The molecule has 0 aliphatic heterocycles. The van der Waals surface area contributed by atoms with E-state index in [1.165, 1.54) is 6.92 Å². The van der Waals surface area contributed by atoms with Crippen molar-refractivity contribution in [2.45, 2.75) is 19.1 Å². The Balaban J connectivity index is 3.20. The van der Waals surface area contributed by atoms with Crippen LogP contribution in [0, 0.1) is 3.01 Å². The van der Waals surface area contributed by atoms with E-state index in [9.17, 15) is 13.2 Å². The molecule has 1 atom stereocenters. The van der Waals surface area contributed by atoms with E-state index >= 15 is 0 Å². The topological polar surface area (TPSA) is 38.9 Å². The SMILES string of the molecule is CC(N)c1nc(I)sc1C(F)(F)F. The molecule has 0 aliphatic rings. The van der Waals surface area contributed by atoms with Crippen LogP contribution in [0.25, 0.3) is 0 Å². The molecule has 13 heavy (non-hydrogen) atoms. The van der Waals surface area contributed by atoms with E-state index in [2.05, 4.69) is 4.98 Å². The molecule has 2 N–H and O–H groups in total. The van der Waals surface area contributed by atoms with Gasteiger partial charge in [-0.2, -0.15) is 13.2 Å². The fourth-order valence-electron chi connectivity index (χ4n) is 0.816. The van der Waals surface area contributed by atoms with Gasteiger partial charge in [0.1, 0.15) is 4.88 Å². The number of alkyl halides is 3. The van der Waals surface area contributed by atoms with Crippen LogP contribution in [-0.2, 0) is 6.18 Å². The summed E-state index contributed by atoms with van der Waals surface area (Å²) in [6.45, 7) is 1.49. The van der Waals surface area contributed by atoms with Crippen LogP contribution in [0.1, 0.15) is 23.5 Å². The van der Waals surface area contributed by atoms with Crippen LogP contribution in [0.2, 0.25) is 0 Å². The molecule has 0 saturated heterocycles. The number of hydrogen-bond acceptors (Lipinski definition) is 3. The van der Waals surface area contributed by atoms with Crippen molar-refractivity contribution in [3.63, 3.8) is 0 Å². The number of aromatic nitrogens is 1. The lowest BCUT2D eigenvalue weighted by Crippen LogP contribution is -2.13. The zero-order valence-corrected chi connectivity index (χ0v) is 9.50. The van der Waals surface area contributed by atoms with Crippen LogP contribution in [0.15, 0.2) is 0 Å². The Morgan fingerprint density at radius 3 is 2.38 bits per heavy atom. The van der Waals surface area contributed by atoms with E-state index < -0.39 is 17.1 Å². The predicted molar refractivity (Wildman–Crippen MR) is 52.4 cm³/mol. The molecule has 7 heteroatoms. The lowest BCUT2D eigenvalue weighted by molar-refractivity contribution is -0.135. The van der Waals surface area contributed by atoms with Gasteiger partial charge in [-0.3, -0.25) is 0 Å². The first-order valence-corrected chi connectivity index (χ1v) is 5.21. The molecular weight excluding hydrogens is 316 g/mol. The van der Waals surface area contributed by atoms with Crippen LogP contribution in [0.3, 0.4) is 0 Å². The van der Waals surface area contributed by atoms with E-state index in [-0.39, 0.29) is 5.69 Å². The van der Waals surface area contributed by atoms with Crippen molar-refractivity contribution < 1.29 is 13.2 Å². The summed E-state index contributed by atoms with van der Waals surface area (Å²) in [4.78, 5) is 3.05. The quantitative estimate of drug-likeness (QED) is 0.808. The molecule has 1 unspecified atom stereocenters. The molecule has 74 valence electrons. The summed E-state index contributed by atoms with van der Waals surface area (Å²) in [5.74, 6) is 0. The summed E-state index contributed by atoms with van der Waals surface area (Å²) in [5, 5.41) is 0. The number of hydrogen-bond donors (Lipinski definition) is 1. The number of rotatable bonds is 1. The maximum absolute atomic E-state index is 12.3. The molecule has 1 aromatic heterocycles. The number of nitrogens with two attached hydrogens (primary N) is 1. The fraction of sp³-hybridized carbons (Fsp3) is 0.500. The molecule has 0 fully saturated rings. The first-order valence-electron chi connectivity index (χ1n) is 3.31. The summed E-state index contributed by atoms with van der Waals surface area (Å²) >= 11 is 2.37. The van der Waals surface area contributed by atoms with Gasteiger partial charge >= 0.3 is 6.18 Å². The van der Waals surface area contributed by atoms with E-state index in [0.29, 0.717) is 14.4 Å². The third kappa shape index (κ3) is 2.53. The molecule has 0 radical (unpaired) electrons. The number of halogens is 4. The van der Waals surface area contributed by atoms with Crippen LogP contribution >= 0.6 is 33.9 Å². The van der Waals surface area contributed by atoms with Crippen molar-refractivity contribution >= 4 is 33.9 Å². The maximum atomic E-state index is 12.3. The molecule has 1 rings (SSSR count). The highest BCUT2D eigenvalue weighted by atomic mass is 127. The number of nitrogens with zero attached hydrogens (tertiary/aromatic N) is 1. The molecule has 1 heterocycles. The molecule has 0 aromatic carbocycles. The Kier molecular flexibility index (Phi) is 3.18. The second-order valence-corrected chi connectivity index (χ2v) is 5.22. The van der Waals surface area contributed by atoms with Crippen molar-refractivity contribution in [1.82, 2.24) is 4.98 Å². The van der Waals surface area contributed by atoms with Crippen LogP contribution < -0.4 is 5.73 Å². The molecule has 0 saturated carbocycles. The summed E-state index contributed by atoms with van der Waals surface area (Å²) in [5.41, 5.74) is 5.30. The van der Waals surface area contributed by atoms with Gasteiger partial charge < -0.3 is 5.73 Å². The minimum atomic E-state index is -4.34. The van der Waals surface area contributed by atoms with Gasteiger partial charge in [-0.25, -0.2) is 4.98 Å². The second-order valence-electron chi connectivity index (χ2n) is 2.47. The highest BCUT2D eigenvalue weighted by Gasteiger charge is 2.37. The monoisotopic (exact) mass is 322 g/mol. The molecule has 0 bridgehead atoms. The second kappa shape index (κ2) is 3.70. The van der Waals surface area contributed by atoms with Crippen LogP contribution in [-0.4, -0.2) is 4.98 Å². The van der Waals surface area contributed by atoms with E-state index in [1.54, 1.807) is 22.6 Å². The standard InChI is InChI=1S/C6H6F3IN2S/c1-2(11)3-4(6(7,8)9)13-5(10)12-3/h2H,11H2,1H3. The minimum Gasteiger partial charge on any atom is -0.323 e. The molecule has 0 amide bonds. The van der Waals surface area contributed by atoms with Crippen molar-refractivity contribution in [2.75, 3.05) is 0 Å². The Morgan fingerprint density at radius 1 is 1.54 bits per heavy atom. The van der Waals surface area contributed by atoms with Crippen LogP contribution in [0.5, 0.6) is 0 Å². The zero-order valence-electron chi connectivity index (χ0n) is 6.52. The van der Waals surface area contributed by atoms with Crippen molar-refractivity contribution in [3.8, 4) is 0 Å². The lowest BCUT2D eigenvalue weighted by atomic mass is 10.2. The average molecular weight is 322 g/mol. The van der Waals surface area contributed by atoms with Gasteiger partial charge in [0.15, 0.2) is 3.01 Å². The summed E-state index contributed by atoms with van der Waals surface area (Å²) < 4.78 is 37.4. The molecule has 0 spiro atoms. The normalized spacial score (nSPS) is 14.6. The first kappa shape index (κ1) is 11.2.